The summed E-state index contributed by atoms with van der Waals surface area (Å²) in [7, 11) is 1.98. The number of anilines is 1. The van der Waals surface area contributed by atoms with E-state index in [0.29, 0.717) is 31.0 Å². The largest absolute Gasteiger partial charge is 0.492 e. The van der Waals surface area contributed by atoms with E-state index < -0.39 is 0 Å². The van der Waals surface area contributed by atoms with Gasteiger partial charge in [0.1, 0.15) is 18.2 Å². The van der Waals surface area contributed by atoms with Crippen molar-refractivity contribution in [3.05, 3.63) is 72.7 Å². The zero-order valence-corrected chi connectivity index (χ0v) is 16.8. The fraction of sp³-hybridized carbons (Fsp3) is 0.217. The van der Waals surface area contributed by atoms with Gasteiger partial charge >= 0.3 is 0 Å². The number of aliphatic hydroxyl groups excluding tert-OH is 1. The van der Waals surface area contributed by atoms with E-state index in [9.17, 15) is 0 Å². The maximum absolute atomic E-state index is 9.11. The lowest BCUT2D eigenvalue weighted by atomic mass is 10.1. The molecule has 0 spiro atoms. The monoisotopic (exact) mass is 401 g/mol. The van der Waals surface area contributed by atoms with Crippen LogP contribution in [0.1, 0.15) is 5.56 Å². The molecule has 4 aromatic rings. The Labute approximate surface area is 175 Å². The quantitative estimate of drug-likeness (QED) is 0.485. The number of pyridine rings is 2. The second kappa shape index (κ2) is 9.28. The van der Waals surface area contributed by atoms with E-state index in [-0.39, 0.29) is 6.61 Å². The highest BCUT2D eigenvalue weighted by Gasteiger charge is 2.14. The molecule has 30 heavy (non-hydrogen) atoms. The van der Waals surface area contributed by atoms with Crippen LogP contribution >= 0.6 is 0 Å². The van der Waals surface area contributed by atoms with Crippen LogP contribution in [0.15, 0.2) is 67.1 Å². The van der Waals surface area contributed by atoms with Gasteiger partial charge in [-0.25, -0.2) is 15.0 Å². The van der Waals surface area contributed by atoms with Crippen molar-refractivity contribution < 1.29 is 9.84 Å². The summed E-state index contributed by atoms with van der Waals surface area (Å²) < 4.78 is 5.92. The molecular weight excluding hydrogens is 378 g/mol. The SMILES string of the molecule is CN(CCOc1cccc(CCO)c1)c1nc(-c2cccnc2)nc2ncccc12. The van der Waals surface area contributed by atoms with Crippen molar-refractivity contribution in [3.8, 4) is 17.1 Å². The number of ether oxygens (including phenoxy) is 1. The minimum absolute atomic E-state index is 0.125. The highest BCUT2D eigenvalue weighted by molar-refractivity contribution is 5.88. The number of aliphatic hydroxyl groups is 1. The number of hydrogen-bond donors (Lipinski definition) is 1. The van der Waals surface area contributed by atoms with Crippen LogP contribution in [0.4, 0.5) is 5.82 Å². The first kappa shape index (κ1) is 19.7. The number of likely N-dealkylation sites (N-methyl/N-ethyl adjacent to an activating group) is 1. The fourth-order valence-corrected chi connectivity index (χ4v) is 3.19. The zero-order valence-electron chi connectivity index (χ0n) is 16.8. The van der Waals surface area contributed by atoms with Gasteiger partial charge in [0.25, 0.3) is 0 Å². The lowest BCUT2D eigenvalue weighted by molar-refractivity contribution is 0.298. The molecular formula is C23H23N5O2. The summed E-state index contributed by atoms with van der Waals surface area (Å²) in [4.78, 5) is 20.0. The van der Waals surface area contributed by atoms with Crippen LogP contribution in [-0.4, -0.2) is 51.8 Å². The van der Waals surface area contributed by atoms with Crippen molar-refractivity contribution >= 4 is 16.9 Å². The van der Waals surface area contributed by atoms with E-state index >= 15 is 0 Å². The third-order valence-electron chi connectivity index (χ3n) is 4.73. The molecule has 1 aromatic carbocycles. The molecule has 7 nitrogen and oxygen atoms in total. The molecule has 152 valence electrons. The summed E-state index contributed by atoms with van der Waals surface area (Å²) in [6.45, 7) is 1.26. The number of benzene rings is 1. The molecule has 1 N–H and O–H groups in total. The second-order valence-corrected chi connectivity index (χ2v) is 6.88. The maximum atomic E-state index is 9.11. The van der Waals surface area contributed by atoms with Gasteiger partial charge in [0, 0.05) is 37.8 Å². The zero-order chi connectivity index (χ0) is 20.8. The third-order valence-corrected chi connectivity index (χ3v) is 4.73. The van der Waals surface area contributed by atoms with Gasteiger partial charge in [-0.1, -0.05) is 12.1 Å². The summed E-state index contributed by atoms with van der Waals surface area (Å²) in [6, 6.07) is 15.5. The predicted molar refractivity (Wildman–Crippen MR) is 117 cm³/mol. The van der Waals surface area contributed by atoms with Crippen LogP contribution in [0.3, 0.4) is 0 Å². The van der Waals surface area contributed by atoms with Gasteiger partial charge in [0.2, 0.25) is 0 Å². The van der Waals surface area contributed by atoms with E-state index in [1.54, 1.807) is 18.6 Å². The van der Waals surface area contributed by atoms with Gasteiger partial charge < -0.3 is 14.7 Å². The van der Waals surface area contributed by atoms with Crippen LogP contribution in [-0.2, 0) is 6.42 Å². The highest BCUT2D eigenvalue weighted by Crippen LogP contribution is 2.25. The van der Waals surface area contributed by atoms with Gasteiger partial charge in [-0.15, -0.1) is 0 Å². The smallest absolute Gasteiger partial charge is 0.165 e. The van der Waals surface area contributed by atoms with Gasteiger partial charge in [0.15, 0.2) is 11.5 Å². The maximum Gasteiger partial charge on any atom is 0.165 e. The van der Waals surface area contributed by atoms with Gasteiger partial charge in [-0.05, 0) is 48.4 Å². The van der Waals surface area contributed by atoms with Crippen molar-refractivity contribution in [2.45, 2.75) is 6.42 Å². The Morgan fingerprint density at radius 3 is 2.77 bits per heavy atom. The van der Waals surface area contributed by atoms with Gasteiger partial charge in [0.05, 0.1) is 11.9 Å². The van der Waals surface area contributed by atoms with Crippen molar-refractivity contribution in [2.24, 2.45) is 0 Å². The van der Waals surface area contributed by atoms with Crippen molar-refractivity contribution in [1.29, 1.82) is 0 Å². The summed E-state index contributed by atoms with van der Waals surface area (Å²) in [5.74, 6) is 2.18. The standard InChI is InChI=1S/C23H23N5O2/c1-28(12-14-30-19-7-2-5-17(15-19)9-13-29)23-20-8-4-11-25-22(20)26-21(27-23)18-6-3-10-24-16-18/h2-8,10-11,15-16,29H,9,12-14H2,1H3. The molecule has 3 aromatic heterocycles. The minimum atomic E-state index is 0.125. The van der Waals surface area contributed by atoms with Gasteiger partial charge in [-0.3, -0.25) is 4.98 Å². The van der Waals surface area contributed by atoms with Crippen LogP contribution in [0.25, 0.3) is 22.4 Å². The minimum Gasteiger partial charge on any atom is -0.492 e. The molecule has 3 heterocycles. The Kier molecular flexibility index (Phi) is 6.10. The van der Waals surface area contributed by atoms with E-state index in [1.807, 2.05) is 60.5 Å². The molecule has 0 saturated heterocycles. The molecule has 0 bridgehead atoms. The Morgan fingerprint density at radius 2 is 1.93 bits per heavy atom. The Morgan fingerprint density at radius 1 is 1.03 bits per heavy atom. The molecule has 0 fully saturated rings. The molecule has 0 amide bonds. The van der Waals surface area contributed by atoms with Crippen molar-refractivity contribution in [2.75, 3.05) is 31.7 Å². The number of hydrogen-bond acceptors (Lipinski definition) is 7. The van der Waals surface area contributed by atoms with Gasteiger partial charge in [-0.2, -0.15) is 0 Å². The number of fused-ring (bicyclic) bond motifs is 1. The Bertz CT molecular complexity index is 1120. The van der Waals surface area contributed by atoms with Crippen molar-refractivity contribution in [1.82, 2.24) is 19.9 Å². The summed E-state index contributed by atoms with van der Waals surface area (Å²) in [6.07, 6.45) is 5.82. The number of rotatable bonds is 8. The molecule has 0 atom stereocenters. The normalized spacial score (nSPS) is 10.9. The Hall–Kier alpha value is -3.58. The summed E-state index contributed by atoms with van der Waals surface area (Å²) in [5, 5.41) is 9.99. The Balaban J connectivity index is 1.54. The fourth-order valence-electron chi connectivity index (χ4n) is 3.19. The van der Waals surface area contributed by atoms with Crippen LogP contribution in [0.2, 0.25) is 0 Å². The van der Waals surface area contributed by atoms with E-state index in [1.165, 1.54) is 0 Å². The molecule has 0 aliphatic heterocycles. The average molecular weight is 401 g/mol. The molecule has 4 rings (SSSR count). The first-order valence-corrected chi connectivity index (χ1v) is 9.81. The second-order valence-electron chi connectivity index (χ2n) is 6.88. The molecule has 0 aliphatic carbocycles. The first-order valence-electron chi connectivity index (χ1n) is 9.81. The lowest BCUT2D eigenvalue weighted by Crippen LogP contribution is -2.25. The number of nitrogens with zero attached hydrogens (tertiary/aromatic N) is 5. The van der Waals surface area contributed by atoms with Crippen LogP contribution < -0.4 is 9.64 Å². The topological polar surface area (TPSA) is 84.3 Å². The summed E-state index contributed by atoms with van der Waals surface area (Å²) >= 11 is 0. The molecule has 7 heteroatoms. The first-order chi connectivity index (χ1) is 14.7. The van der Waals surface area contributed by atoms with E-state index in [0.717, 1.165) is 28.1 Å². The van der Waals surface area contributed by atoms with Crippen LogP contribution in [0, 0.1) is 0 Å². The molecule has 0 radical (unpaired) electrons. The highest BCUT2D eigenvalue weighted by atomic mass is 16.5. The average Bonchev–Trinajstić information content (AvgIpc) is 2.79. The lowest BCUT2D eigenvalue weighted by Gasteiger charge is -2.20. The van der Waals surface area contributed by atoms with E-state index in [4.69, 9.17) is 14.8 Å². The molecule has 0 aliphatic rings. The molecule has 0 saturated carbocycles. The van der Waals surface area contributed by atoms with Crippen LogP contribution in [0.5, 0.6) is 5.75 Å². The van der Waals surface area contributed by atoms with Crippen molar-refractivity contribution in [3.63, 3.8) is 0 Å². The number of aromatic nitrogens is 4. The third kappa shape index (κ3) is 4.52. The van der Waals surface area contributed by atoms with E-state index in [2.05, 4.69) is 15.0 Å². The molecule has 0 unspecified atom stereocenters. The predicted octanol–water partition coefficient (Wildman–Crippen LogP) is 3.14. The summed E-state index contributed by atoms with van der Waals surface area (Å²) in [5.41, 5.74) is 2.54.